The van der Waals surface area contributed by atoms with Gasteiger partial charge in [0.2, 0.25) is 0 Å². The van der Waals surface area contributed by atoms with Crippen molar-refractivity contribution in [2.24, 2.45) is 0 Å². The fourth-order valence-electron chi connectivity index (χ4n) is 1.88. The maximum absolute atomic E-state index is 13.5. The Labute approximate surface area is 117 Å². The summed E-state index contributed by atoms with van der Waals surface area (Å²) in [6.45, 7) is 3.40. The van der Waals surface area contributed by atoms with E-state index in [2.05, 4.69) is 5.32 Å². The maximum Gasteiger partial charge on any atom is 0.320 e. The molecule has 1 rings (SSSR count). The van der Waals surface area contributed by atoms with Gasteiger partial charge in [0, 0.05) is 11.6 Å². The highest BCUT2D eigenvalue weighted by Gasteiger charge is 2.22. The van der Waals surface area contributed by atoms with Crippen molar-refractivity contribution in [2.45, 2.75) is 38.8 Å². The lowest BCUT2D eigenvalue weighted by Crippen LogP contribution is -2.38. The van der Waals surface area contributed by atoms with Crippen molar-refractivity contribution in [3.8, 4) is 0 Å². The zero-order valence-electron chi connectivity index (χ0n) is 10.8. The first-order chi connectivity index (χ1) is 8.47. The third kappa shape index (κ3) is 4.76. The minimum absolute atomic E-state index is 0. The van der Waals surface area contributed by atoms with E-state index in [-0.39, 0.29) is 18.0 Å². The van der Waals surface area contributed by atoms with Gasteiger partial charge >= 0.3 is 5.97 Å². The standard InChI is InChI=1S/C13H17F2NO2.ClH/c1-3-5-11(13(17)18)16-8(2)12-9(14)6-4-7-10(12)15;/h4,6-8,11,16H,3,5H2,1-2H3,(H,17,18);1H. The Morgan fingerprint density at radius 3 is 2.32 bits per heavy atom. The van der Waals surface area contributed by atoms with Crippen molar-refractivity contribution in [3.63, 3.8) is 0 Å². The van der Waals surface area contributed by atoms with Crippen molar-refractivity contribution in [1.82, 2.24) is 5.32 Å². The molecule has 6 heteroatoms. The monoisotopic (exact) mass is 293 g/mol. The molecular formula is C13H18ClF2NO2. The van der Waals surface area contributed by atoms with Crippen molar-refractivity contribution in [1.29, 1.82) is 0 Å². The number of carboxylic acid groups (broad SMARTS) is 1. The van der Waals surface area contributed by atoms with E-state index in [1.807, 2.05) is 6.92 Å². The normalized spacial score (nSPS) is 13.5. The number of rotatable bonds is 6. The number of aliphatic carboxylic acids is 1. The molecule has 0 aromatic heterocycles. The molecule has 0 aliphatic heterocycles. The Hall–Kier alpha value is -1.20. The Morgan fingerprint density at radius 1 is 1.37 bits per heavy atom. The zero-order chi connectivity index (χ0) is 13.7. The minimum atomic E-state index is -1.01. The second-order valence-electron chi connectivity index (χ2n) is 4.20. The molecule has 3 nitrogen and oxygen atoms in total. The van der Waals surface area contributed by atoms with Crippen LogP contribution in [0.4, 0.5) is 8.78 Å². The Kier molecular flexibility index (Phi) is 7.56. The molecule has 2 unspecified atom stereocenters. The van der Waals surface area contributed by atoms with Crippen LogP contribution < -0.4 is 5.32 Å². The molecule has 0 bridgehead atoms. The van der Waals surface area contributed by atoms with Crippen LogP contribution in [0.25, 0.3) is 0 Å². The summed E-state index contributed by atoms with van der Waals surface area (Å²) in [5.41, 5.74) is -0.125. The van der Waals surface area contributed by atoms with Crippen LogP contribution in [0.2, 0.25) is 0 Å². The van der Waals surface area contributed by atoms with Crippen LogP contribution in [0.1, 0.15) is 38.3 Å². The molecule has 2 N–H and O–H groups in total. The predicted molar refractivity (Wildman–Crippen MR) is 71.5 cm³/mol. The predicted octanol–water partition coefficient (Wildman–Crippen LogP) is 3.29. The molecule has 0 aliphatic rings. The summed E-state index contributed by atoms with van der Waals surface area (Å²) in [6.07, 6.45) is 1.09. The van der Waals surface area contributed by atoms with Gasteiger partial charge in [-0.15, -0.1) is 12.4 Å². The summed E-state index contributed by atoms with van der Waals surface area (Å²) in [5, 5.41) is 11.7. The van der Waals surface area contributed by atoms with Crippen molar-refractivity contribution in [3.05, 3.63) is 35.4 Å². The number of halogens is 3. The number of carboxylic acids is 1. The van der Waals surface area contributed by atoms with Gasteiger partial charge < -0.3 is 5.11 Å². The molecule has 108 valence electrons. The first kappa shape index (κ1) is 17.8. The summed E-state index contributed by atoms with van der Waals surface area (Å²) < 4.78 is 27.0. The molecule has 0 saturated carbocycles. The fourth-order valence-corrected chi connectivity index (χ4v) is 1.88. The number of carbonyl (C=O) groups is 1. The third-order valence-electron chi connectivity index (χ3n) is 2.76. The Morgan fingerprint density at radius 2 is 1.89 bits per heavy atom. The average Bonchev–Trinajstić information content (AvgIpc) is 2.28. The smallest absolute Gasteiger partial charge is 0.320 e. The lowest BCUT2D eigenvalue weighted by Gasteiger charge is -2.20. The third-order valence-corrected chi connectivity index (χ3v) is 2.76. The van der Waals surface area contributed by atoms with Gasteiger partial charge in [0.25, 0.3) is 0 Å². The highest BCUT2D eigenvalue weighted by molar-refractivity contribution is 5.85. The molecule has 0 saturated heterocycles. The van der Waals surface area contributed by atoms with Gasteiger partial charge in [-0.05, 0) is 25.5 Å². The van der Waals surface area contributed by atoms with Crippen LogP contribution in [-0.4, -0.2) is 17.1 Å². The number of benzene rings is 1. The van der Waals surface area contributed by atoms with E-state index in [4.69, 9.17) is 5.11 Å². The van der Waals surface area contributed by atoms with Gasteiger partial charge in [-0.3, -0.25) is 10.1 Å². The van der Waals surface area contributed by atoms with E-state index in [1.54, 1.807) is 6.92 Å². The largest absolute Gasteiger partial charge is 0.480 e. The number of nitrogens with one attached hydrogen (secondary N) is 1. The van der Waals surface area contributed by atoms with Gasteiger partial charge in [0.1, 0.15) is 17.7 Å². The first-order valence-electron chi connectivity index (χ1n) is 5.90. The van der Waals surface area contributed by atoms with Gasteiger partial charge in [-0.25, -0.2) is 8.78 Å². The Balaban J connectivity index is 0.00000324. The van der Waals surface area contributed by atoms with E-state index in [0.717, 1.165) is 12.1 Å². The molecule has 1 aromatic carbocycles. The summed E-state index contributed by atoms with van der Waals surface area (Å²) in [7, 11) is 0. The topological polar surface area (TPSA) is 49.3 Å². The van der Waals surface area contributed by atoms with Gasteiger partial charge in [0.05, 0.1) is 0 Å². The highest BCUT2D eigenvalue weighted by atomic mass is 35.5. The summed E-state index contributed by atoms with van der Waals surface area (Å²) in [6, 6.07) is 2.10. The van der Waals surface area contributed by atoms with Crippen LogP contribution in [0.15, 0.2) is 18.2 Å². The minimum Gasteiger partial charge on any atom is -0.480 e. The van der Waals surface area contributed by atoms with E-state index in [1.165, 1.54) is 6.07 Å². The number of hydrogen-bond donors (Lipinski definition) is 2. The molecule has 0 fully saturated rings. The van der Waals surface area contributed by atoms with Crippen LogP contribution >= 0.6 is 12.4 Å². The first-order valence-corrected chi connectivity index (χ1v) is 5.90. The van der Waals surface area contributed by atoms with Crippen molar-refractivity contribution in [2.75, 3.05) is 0 Å². The van der Waals surface area contributed by atoms with Crippen LogP contribution in [0.3, 0.4) is 0 Å². The van der Waals surface area contributed by atoms with Gasteiger partial charge in [0.15, 0.2) is 0 Å². The van der Waals surface area contributed by atoms with E-state index in [9.17, 15) is 13.6 Å². The highest BCUT2D eigenvalue weighted by Crippen LogP contribution is 2.21. The second kappa shape index (κ2) is 8.07. The molecule has 0 amide bonds. The van der Waals surface area contributed by atoms with Crippen molar-refractivity contribution < 1.29 is 18.7 Å². The van der Waals surface area contributed by atoms with Gasteiger partial charge in [-0.1, -0.05) is 19.4 Å². The molecule has 2 atom stereocenters. The average molecular weight is 294 g/mol. The summed E-state index contributed by atoms with van der Waals surface area (Å²) >= 11 is 0. The molecule has 0 radical (unpaired) electrons. The fraction of sp³-hybridized carbons (Fsp3) is 0.462. The Bertz CT molecular complexity index is 409. The number of hydrogen-bond acceptors (Lipinski definition) is 2. The summed E-state index contributed by atoms with van der Waals surface area (Å²) in [4.78, 5) is 11.0. The molecule has 0 heterocycles. The van der Waals surface area contributed by atoms with E-state index in [0.29, 0.717) is 12.8 Å². The quantitative estimate of drug-likeness (QED) is 0.846. The summed E-state index contributed by atoms with van der Waals surface area (Å²) in [5.74, 6) is -2.35. The maximum atomic E-state index is 13.5. The van der Waals surface area contributed by atoms with Gasteiger partial charge in [-0.2, -0.15) is 0 Å². The van der Waals surface area contributed by atoms with Crippen LogP contribution in [0.5, 0.6) is 0 Å². The SMILES string of the molecule is CCCC(NC(C)c1c(F)cccc1F)C(=O)O.Cl. The zero-order valence-corrected chi connectivity index (χ0v) is 11.6. The molecular weight excluding hydrogens is 276 g/mol. The lowest BCUT2D eigenvalue weighted by molar-refractivity contribution is -0.139. The molecule has 1 aromatic rings. The van der Waals surface area contributed by atoms with Crippen LogP contribution in [0, 0.1) is 11.6 Å². The lowest BCUT2D eigenvalue weighted by atomic mass is 10.0. The molecule has 19 heavy (non-hydrogen) atoms. The second-order valence-corrected chi connectivity index (χ2v) is 4.20. The van der Waals surface area contributed by atoms with Crippen molar-refractivity contribution >= 4 is 18.4 Å². The van der Waals surface area contributed by atoms with E-state index >= 15 is 0 Å². The molecule has 0 aliphatic carbocycles. The van der Waals surface area contributed by atoms with E-state index < -0.39 is 29.7 Å². The van der Waals surface area contributed by atoms with Crippen LogP contribution in [-0.2, 0) is 4.79 Å². The molecule has 0 spiro atoms.